The molecule has 0 fully saturated rings. The molecule has 0 spiro atoms. The number of nitriles is 1. The van der Waals surface area contributed by atoms with Gasteiger partial charge in [0.2, 0.25) is 0 Å². The van der Waals surface area contributed by atoms with Gasteiger partial charge in [-0.1, -0.05) is 11.6 Å². The average Bonchev–Trinajstić information content (AvgIpc) is 2.16. The second-order valence-corrected chi connectivity index (χ2v) is 3.08. The van der Waals surface area contributed by atoms with E-state index in [9.17, 15) is 8.78 Å². The molecule has 74 valence electrons. The van der Waals surface area contributed by atoms with Crippen LogP contribution in [0.25, 0.3) is 0 Å². The molecule has 0 aromatic carbocycles. The van der Waals surface area contributed by atoms with Crippen molar-refractivity contribution in [1.82, 2.24) is 4.98 Å². The summed E-state index contributed by atoms with van der Waals surface area (Å²) in [6.45, 7) is 0. The zero-order valence-corrected chi connectivity index (χ0v) is 8.28. The van der Waals surface area contributed by atoms with Crippen molar-refractivity contribution in [3.05, 3.63) is 28.0 Å². The third kappa shape index (κ3) is 2.11. The molecule has 1 aromatic rings. The van der Waals surface area contributed by atoms with E-state index in [2.05, 4.69) is 4.98 Å². The Kier molecular flexibility index (Phi) is 3.62. The monoisotopic (exact) mass is 236 g/mol. The van der Waals surface area contributed by atoms with E-state index in [0.29, 0.717) is 5.56 Å². The van der Waals surface area contributed by atoms with Crippen LogP contribution in [-0.4, -0.2) is 4.98 Å². The third-order valence-electron chi connectivity index (χ3n) is 1.54. The summed E-state index contributed by atoms with van der Waals surface area (Å²) in [6.07, 6.45) is -2.79. The second kappa shape index (κ2) is 4.54. The molecule has 0 N–H and O–H groups in total. The number of pyridine rings is 1. The molecule has 1 rings (SSSR count). The third-order valence-corrected chi connectivity index (χ3v) is 2.13. The second-order valence-electron chi connectivity index (χ2n) is 2.41. The zero-order valence-electron chi connectivity index (χ0n) is 6.77. The molecular formula is C8H4Cl2F2N2. The maximum Gasteiger partial charge on any atom is 0.281 e. The van der Waals surface area contributed by atoms with Gasteiger partial charge in [0.15, 0.2) is 0 Å². The molecule has 14 heavy (non-hydrogen) atoms. The summed E-state index contributed by atoms with van der Waals surface area (Å²) in [5.74, 6) is 0.0130. The van der Waals surface area contributed by atoms with Gasteiger partial charge < -0.3 is 0 Å². The molecule has 0 aliphatic rings. The van der Waals surface area contributed by atoms with Gasteiger partial charge in [-0.05, 0) is 6.07 Å². The summed E-state index contributed by atoms with van der Waals surface area (Å²) in [4.78, 5) is 3.43. The molecule has 0 unspecified atom stereocenters. The van der Waals surface area contributed by atoms with Crippen molar-refractivity contribution >= 4 is 23.2 Å². The summed E-state index contributed by atoms with van der Waals surface area (Å²) in [6, 6.07) is 2.92. The standard InChI is InChI=1S/C8H4Cl2F2N2/c9-2-4-1-5(10)7(8(11)12)14-6(4)3-13/h1,8H,2H2. The number of alkyl halides is 3. The summed E-state index contributed by atoms with van der Waals surface area (Å²) < 4.78 is 24.6. The predicted molar refractivity (Wildman–Crippen MR) is 48.5 cm³/mol. The molecule has 0 aliphatic heterocycles. The van der Waals surface area contributed by atoms with Gasteiger partial charge in [0.25, 0.3) is 6.43 Å². The van der Waals surface area contributed by atoms with E-state index in [4.69, 9.17) is 28.5 Å². The Balaban J connectivity index is 3.32. The highest BCUT2D eigenvalue weighted by Crippen LogP contribution is 2.27. The molecule has 1 heterocycles. The van der Waals surface area contributed by atoms with E-state index in [1.807, 2.05) is 0 Å². The molecule has 0 radical (unpaired) electrons. The highest BCUT2D eigenvalue weighted by Gasteiger charge is 2.17. The number of hydrogen-bond donors (Lipinski definition) is 0. The number of nitrogens with zero attached hydrogens (tertiary/aromatic N) is 2. The maximum absolute atomic E-state index is 12.3. The largest absolute Gasteiger partial charge is 0.281 e. The Bertz CT molecular complexity index is 388. The predicted octanol–water partition coefficient (Wildman–Crippen LogP) is 3.28. The Morgan fingerprint density at radius 2 is 2.21 bits per heavy atom. The average molecular weight is 237 g/mol. The van der Waals surface area contributed by atoms with Gasteiger partial charge in [0, 0.05) is 5.56 Å². The zero-order chi connectivity index (χ0) is 10.7. The van der Waals surface area contributed by atoms with E-state index in [0.717, 1.165) is 0 Å². The first kappa shape index (κ1) is 11.2. The van der Waals surface area contributed by atoms with Crippen molar-refractivity contribution in [3.63, 3.8) is 0 Å². The maximum atomic E-state index is 12.3. The SMILES string of the molecule is N#Cc1nc(C(F)F)c(Cl)cc1CCl. The van der Waals surface area contributed by atoms with Crippen LogP contribution in [0.3, 0.4) is 0 Å². The molecule has 0 saturated carbocycles. The highest BCUT2D eigenvalue weighted by atomic mass is 35.5. The summed E-state index contributed by atoms with van der Waals surface area (Å²) in [5, 5.41) is 8.42. The quantitative estimate of drug-likeness (QED) is 0.740. The molecule has 0 saturated heterocycles. The summed E-state index contributed by atoms with van der Waals surface area (Å²) >= 11 is 11.0. The van der Waals surface area contributed by atoms with Crippen molar-refractivity contribution in [2.45, 2.75) is 12.3 Å². The molecule has 2 nitrogen and oxygen atoms in total. The minimum absolute atomic E-state index is 0.0130. The van der Waals surface area contributed by atoms with Gasteiger partial charge in [0.05, 0.1) is 10.9 Å². The van der Waals surface area contributed by atoms with E-state index >= 15 is 0 Å². The molecule has 0 atom stereocenters. The van der Waals surface area contributed by atoms with Crippen LogP contribution in [0.15, 0.2) is 6.07 Å². The highest BCUT2D eigenvalue weighted by molar-refractivity contribution is 6.31. The van der Waals surface area contributed by atoms with E-state index < -0.39 is 12.1 Å². The Morgan fingerprint density at radius 1 is 1.57 bits per heavy atom. The van der Waals surface area contributed by atoms with Crippen LogP contribution in [0, 0.1) is 11.3 Å². The van der Waals surface area contributed by atoms with Crippen LogP contribution < -0.4 is 0 Å². The van der Waals surface area contributed by atoms with Crippen LogP contribution in [0.4, 0.5) is 8.78 Å². The van der Waals surface area contributed by atoms with Gasteiger partial charge in [-0.25, -0.2) is 13.8 Å². The molecular weight excluding hydrogens is 233 g/mol. The summed E-state index contributed by atoms with van der Waals surface area (Å²) in [5.41, 5.74) is -0.347. The minimum Gasteiger partial charge on any atom is -0.234 e. The fraction of sp³-hybridized carbons (Fsp3) is 0.250. The lowest BCUT2D eigenvalue weighted by Gasteiger charge is -2.05. The Morgan fingerprint density at radius 3 is 2.64 bits per heavy atom. The fourth-order valence-electron chi connectivity index (χ4n) is 0.893. The van der Waals surface area contributed by atoms with Crippen LogP contribution in [0.5, 0.6) is 0 Å². The number of aromatic nitrogens is 1. The Labute approximate surface area is 89.1 Å². The molecule has 0 bridgehead atoms. The first-order valence-electron chi connectivity index (χ1n) is 3.53. The van der Waals surface area contributed by atoms with Gasteiger partial charge >= 0.3 is 0 Å². The van der Waals surface area contributed by atoms with Crippen molar-refractivity contribution in [2.24, 2.45) is 0 Å². The lowest BCUT2D eigenvalue weighted by Crippen LogP contribution is -1.98. The minimum atomic E-state index is -2.79. The van der Waals surface area contributed by atoms with Gasteiger partial charge in [-0.3, -0.25) is 0 Å². The summed E-state index contributed by atoms with van der Waals surface area (Å²) in [7, 11) is 0. The first-order chi connectivity index (χ1) is 6.60. The smallest absolute Gasteiger partial charge is 0.234 e. The van der Waals surface area contributed by atoms with Crippen molar-refractivity contribution in [1.29, 1.82) is 5.26 Å². The fourth-order valence-corrected chi connectivity index (χ4v) is 1.35. The van der Waals surface area contributed by atoms with Crippen LogP contribution >= 0.6 is 23.2 Å². The van der Waals surface area contributed by atoms with Crippen LogP contribution in [0.1, 0.15) is 23.4 Å². The van der Waals surface area contributed by atoms with Crippen LogP contribution in [-0.2, 0) is 5.88 Å². The van der Waals surface area contributed by atoms with Crippen molar-refractivity contribution in [2.75, 3.05) is 0 Å². The van der Waals surface area contributed by atoms with E-state index in [1.165, 1.54) is 6.07 Å². The molecule has 6 heteroatoms. The number of halogens is 4. The number of hydrogen-bond acceptors (Lipinski definition) is 2. The molecule has 0 aliphatic carbocycles. The van der Waals surface area contributed by atoms with Crippen molar-refractivity contribution in [3.8, 4) is 6.07 Å². The van der Waals surface area contributed by atoms with Crippen molar-refractivity contribution < 1.29 is 8.78 Å². The van der Waals surface area contributed by atoms with Gasteiger partial charge in [-0.15, -0.1) is 11.6 Å². The molecule has 1 aromatic heterocycles. The van der Waals surface area contributed by atoms with Gasteiger partial charge in [0.1, 0.15) is 17.5 Å². The lowest BCUT2D eigenvalue weighted by atomic mass is 10.2. The van der Waals surface area contributed by atoms with E-state index in [1.54, 1.807) is 6.07 Å². The lowest BCUT2D eigenvalue weighted by molar-refractivity contribution is 0.146. The topological polar surface area (TPSA) is 36.7 Å². The Hall–Kier alpha value is -0.920. The number of rotatable bonds is 2. The van der Waals surface area contributed by atoms with E-state index in [-0.39, 0.29) is 16.6 Å². The molecule has 0 amide bonds. The normalized spacial score (nSPS) is 10.3. The van der Waals surface area contributed by atoms with Gasteiger partial charge in [-0.2, -0.15) is 5.26 Å². The van der Waals surface area contributed by atoms with Crippen LogP contribution in [0.2, 0.25) is 5.02 Å². The first-order valence-corrected chi connectivity index (χ1v) is 4.45.